The molecular formula is C27H25Cl2N3O5S. The van der Waals surface area contributed by atoms with E-state index in [1.165, 1.54) is 6.26 Å². The van der Waals surface area contributed by atoms with E-state index >= 15 is 0 Å². The van der Waals surface area contributed by atoms with Crippen molar-refractivity contribution in [3.05, 3.63) is 99.2 Å². The summed E-state index contributed by atoms with van der Waals surface area (Å²) in [5.41, 5.74) is 2.87. The molecule has 6 rings (SSSR count). The Morgan fingerprint density at radius 3 is 2.39 bits per heavy atom. The fourth-order valence-electron chi connectivity index (χ4n) is 4.65. The van der Waals surface area contributed by atoms with Crippen LogP contribution in [0.2, 0.25) is 10.0 Å². The molecule has 0 atom stereocenters. The molecule has 0 unspecified atom stereocenters. The van der Waals surface area contributed by atoms with Crippen LogP contribution in [-0.2, 0) is 21.4 Å². The molecule has 1 saturated heterocycles. The average molecular weight is 574 g/mol. The molecule has 1 fully saturated rings. The lowest BCUT2D eigenvalue weighted by atomic mass is 10.0. The molecule has 0 saturated carbocycles. The standard InChI is InChI=1S/C19H20Cl2N2O3S.C8H5NO2/c20-15-1-4-18(5-2-15)27(24,25)22-9-7-17(8-10-22)23-13-26-12-14-11-16(21)3-6-19(14)23;10-8-9-7-4-2-1-3-6(7)5-11-8/h1-6,11,17H,7-10,12-13H2;1-5H. The number of ether oxygens (including phenoxy) is 1. The molecule has 198 valence electrons. The van der Waals surface area contributed by atoms with Crippen LogP contribution in [0, 0.1) is 0 Å². The highest BCUT2D eigenvalue weighted by Gasteiger charge is 2.33. The Morgan fingerprint density at radius 2 is 1.63 bits per heavy atom. The SMILES string of the molecule is O=S(=O)(c1ccc(Cl)cc1)N1CCC(N2COCc3cc(Cl)ccc32)CC1.O=c1nc2ccccc2co1. The summed E-state index contributed by atoms with van der Waals surface area (Å²) in [6.07, 6.45) is 2.90. The molecule has 0 amide bonds. The number of aromatic nitrogens is 1. The van der Waals surface area contributed by atoms with Crippen molar-refractivity contribution in [2.75, 3.05) is 24.7 Å². The summed E-state index contributed by atoms with van der Waals surface area (Å²) >= 11 is 12.0. The zero-order chi connectivity index (χ0) is 26.7. The maximum atomic E-state index is 12.8. The Kier molecular flexibility index (Phi) is 8.01. The van der Waals surface area contributed by atoms with E-state index in [1.807, 2.05) is 36.4 Å². The average Bonchev–Trinajstić information content (AvgIpc) is 2.93. The van der Waals surface area contributed by atoms with E-state index in [0.717, 1.165) is 29.5 Å². The molecule has 8 nitrogen and oxygen atoms in total. The van der Waals surface area contributed by atoms with E-state index in [9.17, 15) is 13.2 Å². The van der Waals surface area contributed by atoms with Crippen LogP contribution >= 0.6 is 23.2 Å². The predicted molar refractivity (Wildman–Crippen MR) is 147 cm³/mol. The maximum absolute atomic E-state index is 12.8. The first kappa shape index (κ1) is 26.6. The third kappa shape index (κ3) is 5.87. The number of benzene rings is 3. The number of nitrogens with zero attached hydrogens (tertiary/aromatic N) is 3. The van der Waals surface area contributed by atoms with E-state index in [4.69, 9.17) is 27.9 Å². The van der Waals surface area contributed by atoms with Gasteiger partial charge < -0.3 is 14.1 Å². The summed E-state index contributed by atoms with van der Waals surface area (Å²) in [5, 5.41) is 2.06. The molecular weight excluding hydrogens is 549 g/mol. The van der Waals surface area contributed by atoms with Crippen molar-refractivity contribution in [3.63, 3.8) is 0 Å². The Bertz CT molecular complexity index is 1590. The number of anilines is 1. The zero-order valence-electron chi connectivity index (χ0n) is 20.3. The first-order chi connectivity index (χ1) is 18.3. The second-order valence-electron chi connectivity index (χ2n) is 8.98. The predicted octanol–water partition coefficient (Wildman–Crippen LogP) is 5.33. The van der Waals surface area contributed by atoms with Gasteiger partial charge >= 0.3 is 5.76 Å². The van der Waals surface area contributed by atoms with Crippen LogP contribution in [-0.4, -0.2) is 43.6 Å². The molecule has 38 heavy (non-hydrogen) atoms. The number of piperidine rings is 1. The van der Waals surface area contributed by atoms with Gasteiger partial charge in [0, 0.05) is 45.8 Å². The Labute approximate surface area is 230 Å². The van der Waals surface area contributed by atoms with Crippen LogP contribution in [0.15, 0.2) is 87.1 Å². The van der Waals surface area contributed by atoms with Crippen LogP contribution < -0.4 is 10.7 Å². The number of fused-ring (bicyclic) bond motifs is 2. The number of rotatable bonds is 3. The monoisotopic (exact) mass is 573 g/mol. The minimum atomic E-state index is -3.49. The van der Waals surface area contributed by atoms with Crippen molar-refractivity contribution in [2.45, 2.75) is 30.4 Å². The molecule has 0 N–H and O–H groups in total. The van der Waals surface area contributed by atoms with Gasteiger partial charge in [-0.25, -0.2) is 13.2 Å². The molecule has 3 aromatic carbocycles. The molecule has 2 aliphatic heterocycles. The number of hydrogen-bond acceptors (Lipinski definition) is 7. The van der Waals surface area contributed by atoms with Crippen molar-refractivity contribution < 1.29 is 17.6 Å². The van der Waals surface area contributed by atoms with Gasteiger partial charge in [0.05, 0.1) is 17.0 Å². The number of halogens is 2. The second-order valence-corrected chi connectivity index (χ2v) is 11.8. The lowest BCUT2D eigenvalue weighted by Gasteiger charge is -2.41. The fraction of sp³-hybridized carbons (Fsp3) is 0.259. The smallest absolute Gasteiger partial charge is 0.416 e. The van der Waals surface area contributed by atoms with Crippen molar-refractivity contribution >= 4 is 49.8 Å². The molecule has 1 aromatic heterocycles. The second kappa shape index (κ2) is 11.4. The number of hydrogen-bond donors (Lipinski definition) is 0. The maximum Gasteiger partial charge on any atom is 0.439 e. The highest BCUT2D eigenvalue weighted by molar-refractivity contribution is 7.89. The summed E-state index contributed by atoms with van der Waals surface area (Å²) in [6, 6.07) is 19.7. The van der Waals surface area contributed by atoms with Gasteiger partial charge in [0.15, 0.2) is 0 Å². The highest BCUT2D eigenvalue weighted by Crippen LogP contribution is 2.33. The first-order valence-electron chi connectivity index (χ1n) is 12.0. The summed E-state index contributed by atoms with van der Waals surface area (Å²) in [5.74, 6) is -0.552. The molecule has 11 heteroatoms. The van der Waals surface area contributed by atoms with Crippen molar-refractivity contribution in [2.24, 2.45) is 0 Å². The Morgan fingerprint density at radius 1 is 0.921 bits per heavy atom. The molecule has 2 aliphatic rings. The van der Waals surface area contributed by atoms with E-state index in [-0.39, 0.29) is 10.9 Å². The van der Waals surface area contributed by atoms with Gasteiger partial charge in [-0.05, 0) is 67.4 Å². The number of para-hydroxylation sites is 1. The van der Waals surface area contributed by atoms with Gasteiger partial charge in [-0.3, -0.25) is 0 Å². The van der Waals surface area contributed by atoms with Crippen LogP contribution in [0.25, 0.3) is 10.9 Å². The Hall–Kier alpha value is -2.95. The molecule has 0 aliphatic carbocycles. The Balaban J connectivity index is 0.000000222. The van der Waals surface area contributed by atoms with Gasteiger partial charge in [-0.1, -0.05) is 35.3 Å². The molecule has 0 bridgehead atoms. The lowest BCUT2D eigenvalue weighted by Crippen LogP contribution is -2.48. The van der Waals surface area contributed by atoms with Gasteiger partial charge in [0.25, 0.3) is 0 Å². The summed E-state index contributed by atoms with van der Waals surface area (Å²) in [6.45, 7) is 2.03. The minimum absolute atomic E-state index is 0.238. The van der Waals surface area contributed by atoms with E-state index in [2.05, 4.69) is 14.3 Å². The van der Waals surface area contributed by atoms with Gasteiger partial charge in [0.2, 0.25) is 10.0 Å². The van der Waals surface area contributed by atoms with Crippen molar-refractivity contribution in [1.29, 1.82) is 0 Å². The van der Waals surface area contributed by atoms with Crippen LogP contribution in [0.5, 0.6) is 0 Å². The van der Waals surface area contributed by atoms with Crippen molar-refractivity contribution in [1.82, 2.24) is 9.29 Å². The topological polar surface area (TPSA) is 93.0 Å². The van der Waals surface area contributed by atoms with E-state index in [0.29, 0.717) is 42.0 Å². The minimum Gasteiger partial charge on any atom is -0.416 e. The largest absolute Gasteiger partial charge is 0.439 e. The van der Waals surface area contributed by atoms with E-state index in [1.54, 1.807) is 34.6 Å². The zero-order valence-corrected chi connectivity index (χ0v) is 22.6. The van der Waals surface area contributed by atoms with Crippen LogP contribution in [0.4, 0.5) is 5.69 Å². The quantitative estimate of drug-likeness (QED) is 0.327. The van der Waals surface area contributed by atoms with Crippen molar-refractivity contribution in [3.8, 4) is 0 Å². The first-order valence-corrected chi connectivity index (χ1v) is 14.2. The molecule has 0 spiro atoms. The lowest BCUT2D eigenvalue weighted by molar-refractivity contribution is 0.0988. The summed E-state index contributed by atoms with van der Waals surface area (Å²) in [7, 11) is -3.49. The van der Waals surface area contributed by atoms with E-state index < -0.39 is 15.8 Å². The van der Waals surface area contributed by atoms with Gasteiger partial charge in [-0.2, -0.15) is 9.29 Å². The normalized spacial score (nSPS) is 16.5. The molecule has 0 radical (unpaired) electrons. The third-order valence-corrected chi connectivity index (χ3v) is 8.99. The van der Waals surface area contributed by atoms with Gasteiger partial charge in [0.1, 0.15) is 13.0 Å². The summed E-state index contributed by atoms with van der Waals surface area (Å²) < 4.78 is 37.5. The number of sulfonamides is 1. The molecule has 3 heterocycles. The molecule has 4 aromatic rings. The summed E-state index contributed by atoms with van der Waals surface area (Å²) in [4.78, 5) is 16.8. The van der Waals surface area contributed by atoms with Gasteiger partial charge in [-0.15, -0.1) is 0 Å². The third-order valence-electron chi connectivity index (χ3n) is 6.59. The van der Waals surface area contributed by atoms with Crippen LogP contribution in [0.1, 0.15) is 18.4 Å². The fourth-order valence-corrected chi connectivity index (χ4v) is 6.44. The highest BCUT2D eigenvalue weighted by atomic mass is 35.5. The van der Waals surface area contributed by atoms with Crippen LogP contribution in [0.3, 0.4) is 0 Å².